The van der Waals surface area contributed by atoms with E-state index in [-0.39, 0.29) is 0 Å². The van der Waals surface area contributed by atoms with E-state index in [1.807, 2.05) is 23.5 Å². The van der Waals surface area contributed by atoms with Gasteiger partial charge in [0, 0.05) is 17.0 Å². The third-order valence-electron chi connectivity index (χ3n) is 3.52. The summed E-state index contributed by atoms with van der Waals surface area (Å²) >= 11 is 3.94. The number of nitrogens with one attached hydrogen (secondary N) is 1. The zero-order chi connectivity index (χ0) is 11.4. The lowest BCUT2D eigenvalue weighted by Gasteiger charge is -2.28. The zero-order valence-corrected chi connectivity index (χ0v) is 11.9. The number of aliphatic imine (C=N–C) groups is 1. The van der Waals surface area contributed by atoms with Crippen molar-refractivity contribution < 1.29 is 0 Å². The minimum atomic E-state index is 0.565. The predicted molar refractivity (Wildman–Crippen MR) is 76.7 cm³/mol. The summed E-state index contributed by atoms with van der Waals surface area (Å²) in [6.07, 6.45) is 8.80. The summed E-state index contributed by atoms with van der Waals surface area (Å²) in [5.41, 5.74) is 0. The van der Waals surface area contributed by atoms with Gasteiger partial charge < -0.3 is 5.32 Å². The van der Waals surface area contributed by atoms with Crippen molar-refractivity contribution in [3.05, 3.63) is 0 Å². The van der Waals surface area contributed by atoms with Crippen molar-refractivity contribution in [2.75, 3.05) is 12.0 Å². The molecule has 0 bridgehead atoms. The van der Waals surface area contributed by atoms with E-state index in [0.717, 1.165) is 5.25 Å². The van der Waals surface area contributed by atoms with Crippen LogP contribution >= 0.6 is 23.5 Å². The van der Waals surface area contributed by atoms with Gasteiger partial charge in [0.1, 0.15) is 0 Å². The molecule has 92 valence electrons. The quantitative estimate of drug-likeness (QED) is 0.841. The minimum absolute atomic E-state index is 0.565. The molecule has 1 atom stereocenters. The Labute approximate surface area is 107 Å². The smallest absolute Gasteiger partial charge is 0.157 e. The maximum atomic E-state index is 4.70. The van der Waals surface area contributed by atoms with E-state index >= 15 is 0 Å². The molecule has 2 rings (SSSR count). The second kappa shape index (κ2) is 6.20. The zero-order valence-electron chi connectivity index (χ0n) is 10.2. The first-order valence-corrected chi connectivity index (χ1v) is 8.59. The first kappa shape index (κ1) is 12.6. The van der Waals surface area contributed by atoms with Crippen LogP contribution in [0.4, 0.5) is 0 Å². The predicted octanol–water partition coefficient (Wildman–Crippen LogP) is 3.13. The summed E-state index contributed by atoms with van der Waals surface area (Å²) in [5.74, 6) is 1.18. The number of amidine groups is 1. The van der Waals surface area contributed by atoms with Gasteiger partial charge in [-0.25, -0.2) is 0 Å². The lowest BCUT2D eigenvalue weighted by molar-refractivity contribution is 0.423. The topological polar surface area (TPSA) is 24.4 Å². The fourth-order valence-electron chi connectivity index (χ4n) is 2.32. The van der Waals surface area contributed by atoms with Crippen LogP contribution in [0.5, 0.6) is 0 Å². The molecule has 1 aliphatic carbocycles. The van der Waals surface area contributed by atoms with Crippen molar-refractivity contribution in [3.63, 3.8) is 0 Å². The van der Waals surface area contributed by atoms with E-state index in [9.17, 15) is 0 Å². The molecular weight excluding hydrogens is 236 g/mol. The molecule has 2 nitrogen and oxygen atoms in total. The molecular formula is C12H22N2S2. The Kier molecular flexibility index (Phi) is 4.89. The highest BCUT2D eigenvalue weighted by atomic mass is 32.2. The maximum Gasteiger partial charge on any atom is 0.157 e. The van der Waals surface area contributed by atoms with Crippen LogP contribution in [0.3, 0.4) is 0 Å². The number of thioether (sulfide) groups is 2. The second-order valence-electron chi connectivity index (χ2n) is 4.66. The average molecular weight is 258 g/mol. The van der Waals surface area contributed by atoms with Crippen LogP contribution in [-0.2, 0) is 0 Å². The Morgan fingerprint density at radius 1 is 1.38 bits per heavy atom. The summed E-state index contributed by atoms with van der Waals surface area (Å²) in [4.78, 5) is 4.70. The van der Waals surface area contributed by atoms with Gasteiger partial charge in [-0.05, 0) is 38.4 Å². The molecule has 0 aromatic heterocycles. The van der Waals surface area contributed by atoms with Crippen molar-refractivity contribution >= 4 is 28.7 Å². The number of nitrogens with zero attached hydrogens (tertiary/aromatic N) is 1. The summed E-state index contributed by atoms with van der Waals surface area (Å²) in [6, 6.07) is 1.25. The molecule has 0 spiro atoms. The Morgan fingerprint density at radius 3 is 2.69 bits per heavy atom. The molecule has 1 saturated carbocycles. The van der Waals surface area contributed by atoms with E-state index in [2.05, 4.69) is 18.5 Å². The largest absolute Gasteiger partial charge is 0.362 e. The molecule has 4 heteroatoms. The first-order valence-electron chi connectivity index (χ1n) is 6.31. The highest BCUT2D eigenvalue weighted by Crippen LogP contribution is 2.28. The van der Waals surface area contributed by atoms with Crippen LogP contribution in [0.1, 0.15) is 39.0 Å². The van der Waals surface area contributed by atoms with E-state index in [0.29, 0.717) is 12.1 Å². The summed E-state index contributed by atoms with van der Waals surface area (Å²) in [7, 11) is 0. The Hall–Kier alpha value is 0.170. The molecule has 0 radical (unpaired) electrons. The van der Waals surface area contributed by atoms with Gasteiger partial charge in [0.15, 0.2) is 5.17 Å². The molecule has 1 fully saturated rings. The van der Waals surface area contributed by atoms with Crippen LogP contribution in [-0.4, -0.2) is 34.5 Å². The fraction of sp³-hybridized carbons (Fsp3) is 0.917. The van der Waals surface area contributed by atoms with Gasteiger partial charge in [0.2, 0.25) is 0 Å². The van der Waals surface area contributed by atoms with Crippen molar-refractivity contribution in [2.45, 2.75) is 56.4 Å². The third-order valence-corrected chi connectivity index (χ3v) is 5.70. The normalized spacial score (nSPS) is 34.9. The minimum Gasteiger partial charge on any atom is -0.362 e. The van der Waals surface area contributed by atoms with Crippen LogP contribution in [0.25, 0.3) is 0 Å². The van der Waals surface area contributed by atoms with Crippen molar-refractivity contribution in [1.82, 2.24) is 5.32 Å². The van der Waals surface area contributed by atoms with Gasteiger partial charge in [0.25, 0.3) is 0 Å². The van der Waals surface area contributed by atoms with E-state index in [1.54, 1.807) is 0 Å². The Morgan fingerprint density at radius 2 is 2.12 bits per heavy atom. The maximum absolute atomic E-state index is 4.70. The first-order chi connectivity index (χ1) is 7.81. The van der Waals surface area contributed by atoms with E-state index in [4.69, 9.17) is 4.99 Å². The molecule has 1 aliphatic heterocycles. The van der Waals surface area contributed by atoms with Gasteiger partial charge in [-0.3, -0.25) is 4.99 Å². The third kappa shape index (κ3) is 3.33. The number of hydrogen-bond donors (Lipinski definition) is 1. The van der Waals surface area contributed by atoms with E-state index < -0.39 is 0 Å². The molecule has 1 heterocycles. The van der Waals surface area contributed by atoms with Gasteiger partial charge >= 0.3 is 0 Å². The summed E-state index contributed by atoms with van der Waals surface area (Å²) in [6.45, 7) is 2.22. The van der Waals surface area contributed by atoms with Gasteiger partial charge in [0.05, 0.1) is 6.04 Å². The molecule has 16 heavy (non-hydrogen) atoms. The fourth-order valence-corrected chi connectivity index (χ4v) is 4.20. The monoisotopic (exact) mass is 258 g/mol. The van der Waals surface area contributed by atoms with Gasteiger partial charge in [-0.2, -0.15) is 11.8 Å². The molecule has 0 aromatic carbocycles. The van der Waals surface area contributed by atoms with Crippen LogP contribution in [0.2, 0.25) is 0 Å². The highest BCUT2D eigenvalue weighted by Gasteiger charge is 2.23. The molecule has 1 unspecified atom stereocenters. The average Bonchev–Trinajstić information content (AvgIpc) is 2.78. The molecule has 1 N–H and O–H groups in total. The molecule has 2 aliphatic rings. The number of hydrogen-bond acceptors (Lipinski definition) is 4. The lowest BCUT2D eigenvalue weighted by atomic mass is 9.95. The number of rotatable bonds is 3. The van der Waals surface area contributed by atoms with Crippen LogP contribution in [0, 0.1) is 0 Å². The molecule has 0 amide bonds. The van der Waals surface area contributed by atoms with Crippen molar-refractivity contribution in [2.24, 2.45) is 4.99 Å². The summed E-state index contributed by atoms with van der Waals surface area (Å²) < 4.78 is 0. The summed E-state index contributed by atoms with van der Waals surface area (Å²) in [5, 5.41) is 5.74. The Bertz CT molecular complexity index is 247. The Balaban J connectivity index is 1.75. The van der Waals surface area contributed by atoms with Gasteiger partial charge in [-0.15, -0.1) is 0 Å². The van der Waals surface area contributed by atoms with Crippen molar-refractivity contribution in [1.29, 1.82) is 0 Å². The van der Waals surface area contributed by atoms with Crippen LogP contribution in [0.15, 0.2) is 4.99 Å². The van der Waals surface area contributed by atoms with Gasteiger partial charge in [-0.1, -0.05) is 18.7 Å². The second-order valence-corrected chi connectivity index (χ2v) is 6.81. The highest BCUT2D eigenvalue weighted by molar-refractivity contribution is 8.14. The van der Waals surface area contributed by atoms with Crippen molar-refractivity contribution in [3.8, 4) is 0 Å². The molecule has 0 aromatic rings. The van der Waals surface area contributed by atoms with E-state index in [1.165, 1.54) is 43.0 Å². The standard InChI is InChI=1S/C12H22N2S2/c1-3-9-8-16-12(13-9)14-10-4-6-11(15-2)7-5-10/h9-11H,3-8H2,1-2H3,(H,13,14). The van der Waals surface area contributed by atoms with Crippen LogP contribution < -0.4 is 5.32 Å². The SMILES string of the molecule is CCC1CSC(NC2CCC(SC)CC2)=N1. The lowest BCUT2D eigenvalue weighted by Crippen LogP contribution is -2.36. The molecule has 0 saturated heterocycles.